The van der Waals surface area contributed by atoms with Crippen LogP contribution in [-0.2, 0) is 23.5 Å². The summed E-state index contributed by atoms with van der Waals surface area (Å²) in [6.07, 6.45) is 5.83. The van der Waals surface area contributed by atoms with Crippen LogP contribution >= 0.6 is 0 Å². The van der Waals surface area contributed by atoms with Gasteiger partial charge in [0.25, 0.3) is 5.56 Å². The summed E-state index contributed by atoms with van der Waals surface area (Å²) in [6.45, 7) is 7.45. The minimum Gasteiger partial charge on any atom is -0.493 e. The van der Waals surface area contributed by atoms with E-state index in [9.17, 15) is 18.3 Å². The quantitative estimate of drug-likeness (QED) is 0.413. The number of benzene rings is 1. The van der Waals surface area contributed by atoms with E-state index in [1.807, 2.05) is 27.1 Å². The van der Waals surface area contributed by atoms with E-state index in [-0.39, 0.29) is 23.0 Å². The van der Waals surface area contributed by atoms with Crippen molar-refractivity contribution in [1.29, 1.82) is 0 Å². The van der Waals surface area contributed by atoms with Crippen molar-refractivity contribution in [3.8, 4) is 17.1 Å². The summed E-state index contributed by atoms with van der Waals surface area (Å²) in [4.78, 5) is 20.9. The predicted octanol–water partition coefficient (Wildman–Crippen LogP) is 3.70. The van der Waals surface area contributed by atoms with Gasteiger partial charge in [0.2, 0.25) is 10.0 Å². The highest BCUT2D eigenvalue weighted by molar-refractivity contribution is 7.89. The Morgan fingerprint density at radius 1 is 1.22 bits per heavy atom. The number of aliphatic hydroxyl groups excluding tert-OH is 1. The van der Waals surface area contributed by atoms with Crippen LogP contribution < -0.4 is 10.3 Å². The average molecular weight is 531 g/mol. The molecule has 2 aromatic heterocycles. The molecule has 9 nitrogen and oxygen atoms in total. The number of rotatable bonds is 10. The first-order chi connectivity index (χ1) is 17.7. The molecule has 0 saturated carbocycles. The Labute approximate surface area is 218 Å². The number of hydrogen-bond acceptors (Lipinski definition) is 6. The normalized spacial score (nSPS) is 16.4. The van der Waals surface area contributed by atoms with E-state index >= 15 is 0 Å². The molecule has 3 aromatic rings. The molecule has 0 radical (unpaired) electrons. The fourth-order valence-corrected chi connectivity index (χ4v) is 6.63. The third-order valence-corrected chi connectivity index (χ3v) is 9.21. The molecule has 202 valence electrons. The van der Waals surface area contributed by atoms with Crippen molar-refractivity contribution in [3.05, 3.63) is 40.3 Å². The lowest BCUT2D eigenvalue weighted by Gasteiger charge is -2.33. The molecule has 0 spiro atoms. The largest absolute Gasteiger partial charge is 0.493 e. The van der Waals surface area contributed by atoms with Crippen LogP contribution in [0.25, 0.3) is 22.4 Å². The molecule has 4 rings (SSSR count). The Bertz CT molecular complexity index is 1400. The zero-order valence-electron chi connectivity index (χ0n) is 22.2. The molecule has 1 atom stereocenters. The van der Waals surface area contributed by atoms with Gasteiger partial charge in [0.05, 0.1) is 22.6 Å². The summed E-state index contributed by atoms with van der Waals surface area (Å²) < 4.78 is 36.4. The van der Waals surface area contributed by atoms with Crippen molar-refractivity contribution in [2.24, 2.45) is 18.9 Å². The molecule has 1 aliphatic heterocycles. The molecule has 1 aliphatic rings. The molecule has 10 heteroatoms. The smallest absolute Gasteiger partial charge is 0.275 e. The first kappa shape index (κ1) is 27.3. The second kappa shape index (κ2) is 11.4. The van der Waals surface area contributed by atoms with Crippen molar-refractivity contribution in [1.82, 2.24) is 18.8 Å². The number of aromatic nitrogens is 3. The third kappa shape index (κ3) is 5.46. The van der Waals surface area contributed by atoms with Crippen molar-refractivity contribution in [2.75, 3.05) is 26.3 Å². The number of nitrogens with one attached hydrogen (secondary N) is 1. The summed E-state index contributed by atoms with van der Waals surface area (Å²) in [5.41, 5.74) is 2.26. The van der Waals surface area contributed by atoms with E-state index in [2.05, 4.69) is 11.9 Å². The van der Waals surface area contributed by atoms with E-state index in [4.69, 9.17) is 9.72 Å². The Hall–Kier alpha value is -2.69. The van der Waals surface area contributed by atoms with E-state index < -0.39 is 10.0 Å². The number of aryl methyl sites for hydroxylation is 2. The second-order valence-corrected chi connectivity index (χ2v) is 12.0. The van der Waals surface area contributed by atoms with Gasteiger partial charge in [-0.15, -0.1) is 0 Å². The fourth-order valence-electron chi connectivity index (χ4n) is 5.13. The zero-order valence-corrected chi connectivity index (χ0v) is 23.0. The van der Waals surface area contributed by atoms with Crippen molar-refractivity contribution in [3.63, 3.8) is 0 Å². The summed E-state index contributed by atoms with van der Waals surface area (Å²) in [7, 11) is -1.93. The zero-order chi connectivity index (χ0) is 26.7. The second-order valence-electron chi connectivity index (χ2n) is 10.0. The number of aromatic amines is 1. The number of sulfonamides is 1. The van der Waals surface area contributed by atoms with Crippen LogP contribution in [-0.4, -0.2) is 58.7 Å². The van der Waals surface area contributed by atoms with Crippen LogP contribution in [0.5, 0.6) is 5.75 Å². The van der Waals surface area contributed by atoms with Gasteiger partial charge in [0, 0.05) is 32.9 Å². The van der Waals surface area contributed by atoms with Crippen molar-refractivity contribution in [2.45, 2.75) is 57.8 Å². The number of piperidine rings is 1. The predicted molar refractivity (Wildman–Crippen MR) is 144 cm³/mol. The van der Waals surface area contributed by atoms with Crippen LogP contribution in [0.1, 0.15) is 52.0 Å². The van der Waals surface area contributed by atoms with Gasteiger partial charge in [0.15, 0.2) is 0 Å². The maximum atomic E-state index is 13.6. The van der Waals surface area contributed by atoms with Crippen molar-refractivity contribution >= 4 is 21.1 Å². The van der Waals surface area contributed by atoms with Gasteiger partial charge in [-0.25, -0.2) is 13.4 Å². The lowest BCUT2D eigenvalue weighted by atomic mass is 9.87. The average Bonchev–Trinajstić information content (AvgIpc) is 3.22. The maximum absolute atomic E-state index is 13.6. The number of ether oxygens (including phenoxy) is 1. The number of fused-ring (bicyclic) bond motifs is 1. The highest BCUT2D eigenvalue weighted by Crippen LogP contribution is 2.34. The molecule has 1 saturated heterocycles. The Balaban J connectivity index is 1.76. The molecule has 1 fully saturated rings. The first-order valence-electron chi connectivity index (χ1n) is 13.2. The standard InChI is InChI=1S/C27H38N4O5S/c1-5-7-20-16-30(4)25-24(20)28-26(29-27(25)33)22-15-21(8-9-23(22)36-14-6-2)37(34,35)31-12-10-19(11-13-31)18(3)17-32/h8-9,15-16,18-19,32H,5-7,10-14,17H2,1-4H3,(H,28,29,33). The number of hydrogen-bond donors (Lipinski definition) is 2. The Morgan fingerprint density at radius 3 is 2.59 bits per heavy atom. The third-order valence-electron chi connectivity index (χ3n) is 7.32. The number of nitrogens with zero attached hydrogens (tertiary/aromatic N) is 3. The number of H-pyrrole nitrogens is 1. The summed E-state index contributed by atoms with van der Waals surface area (Å²) >= 11 is 0. The Kier molecular flexibility index (Phi) is 8.40. The van der Waals surface area contributed by atoms with E-state index in [0.717, 1.165) is 24.8 Å². The molecular weight excluding hydrogens is 492 g/mol. The van der Waals surface area contributed by atoms with E-state index in [1.165, 1.54) is 4.31 Å². The molecule has 1 aromatic carbocycles. The molecule has 0 amide bonds. The minimum atomic E-state index is -3.76. The van der Waals surface area contributed by atoms with Gasteiger partial charge >= 0.3 is 0 Å². The topological polar surface area (TPSA) is 118 Å². The SMILES string of the molecule is CCCOc1ccc(S(=O)(=O)N2CCC(C(C)CO)CC2)cc1-c1nc2c(CCC)cn(C)c2c(=O)[nH]1. The highest BCUT2D eigenvalue weighted by Gasteiger charge is 2.32. The Morgan fingerprint density at radius 2 is 1.95 bits per heavy atom. The van der Waals surface area contributed by atoms with Crippen LogP contribution in [0, 0.1) is 11.8 Å². The fraction of sp³-hybridized carbons (Fsp3) is 0.556. The summed E-state index contributed by atoms with van der Waals surface area (Å²) in [6, 6.07) is 4.78. The molecule has 2 N–H and O–H groups in total. The van der Waals surface area contributed by atoms with Gasteiger partial charge in [-0.1, -0.05) is 27.2 Å². The van der Waals surface area contributed by atoms with Crippen LogP contribution in [0.15, 0.2) is 34.1 Å². The first-order valence-corrected chi connectivity index (χ1v) is 14.6. The monoisotopic (exact) mass is 530 g/mol. The van der Waals surface area contributed by atoms with Crippen LogP contribution in [0.2, 0.25) is 0 Å². The van der Waals surface area contributed by atoms with Gasteiger partial charge in [-0.2, -0.15) is 4.31 Å². The van der Waals surface area contributed by atoms with Crippen LogP contribution in [0.3, 0.4) is 0 Å². The summed E-state index contributed by atoms with van der Waals surface area (Å²) in [5.74, 6) is 1.23. The molecule has 0 bridgehead atoms. The van der Waals surface area contributed by atoms with Gasteiger partial charge < -0.3 is 19.4 Å². The minimum absolute atomic E-state index is 0.108. The maximum Gasteiger partial charge on any atom is 0.275 e. The lowest BCUT2D eigenvalue weighted by Crippen LogP contribution is -2.40. The van der Waals surface area contributed by atoms with Crippen LogP contribution in [0.4, 0.5) is 0 Å². The van der Waals surface area contributed by atoms with E-state index in [0.29, 0.717) is 66.6 Å². The van der Waals surface area contributed by atoms with E-state index in [1.54, 1.807) is 22.8 Å². The molecule has 0 aliphatic carbocycles. The highest BCUT2D eigenvalue weighted by atomic mass is 32.2. The molecule has 37 heavy (non-hydrogen) atoms. The van der Waals surface area contributed by atoms with Gasteiger partial charge in [0.1, 0.15) is 17.1 Å². The lowest BCUT2D eigenvalue weighted by molar-refractivity contribution is 0.146. The van der Waals surface area contributed by atoms with Gasteiger partial charge in [-0.05, 0) is 61.3 Å². The molecule has 3 heterocycles. The van der Waals surface area contributed by atoms with Gasteiger partial charge in [-0.3, -0.25) is 4.79 Å². The summed E-state index contributed by atoms with van der Waals surface area (Å²) in [5, 5.41) is 9.47. The number of aliphatic hydroxyl groups is 1. The molecule has 1 unspecified atom stereocenters. The molecular formula is C27H38N4O5S. The van der Waals surface area contributed by atoms with Crippen molar-refractivity contribution < 1.29 is 18.3 Å².